The summed E-state index contributed by atoms with van der Waals surface area (Å²) in [6, 6.07) is 6.50. The highest BCUT2D eigenvalue weighted by Gasteiger charge is 2.14. The van der Waals surface area contributed by atoms with E-state index < -0.39 is 0 Å². The van der Waals surface area contributed by atoms with E-state index in [1.165, 1.54) is 6.07 Å². The molecule has 0 spiro atoms. The van der Waals surface area contributed by atoms with Crippen molar-refractivity contribution in [2.75, 3.05) is 5.32 Å². The van der Waals surface area contributed by atoms with Gasteiger partial charge >= 0.3 is 0 Å². The van der Waals surface area contributed by atoms with Gasteiger partial charge in [-0.1, -0.05) is 45.2 Å². The smallest absolute Gasteiger partial charge is 0.130 e. The molecular formula is C13H7BrCl2FN3S. The van der Waals surface area contributed by atoms with Gasteiger partial charge in [-0.3, -0.25) is 0 Å². The van der Waals surface area contributed by atoms with E-state index in [4.69, 9.17) is 23.2 Å². The summed E-state index contributed by atoms with van der Waals surface area (Å²) < 4.78 is 22.8. The predicted molar refractivity (Wildman–Crippen MR) is 88.9 cm³/mol. The van der Waals surface area contributed by atoms with Gasteiger partial charge in [0.05, 0.1) is 27.5 Å². The molecule has 0 aliphatic carbocycles. The molecular weight excluding hydrogens is 400 g/mol. The molecule has 0 unspecified atom stereocenters. The van der Waals surface area contributed by atoms with Gasteiger partial charge in [0.15, 0.2) is 0 Å². The van der Waals surface area contributed by atoms with Crippen molar-refractivity contribution in [1.29, 1.82) is 0 Å². The summed E-state index contributed by atoms with van der Waals surface area (Å²) in [5.74, 6) is -0.297. The Morgan fingerprint density at radius 3 is 2.67 bits per heavy atom. The molecule has 0 saturated carbocycles. The SMILES string of the molecule is Fc1cc(Br)ccc1CNc1c(Cl)cc(Cl)c2nsnc12. The summed E-state index contributed by atoms with van der Waals surface area (Å²) in [6.07, 6.45) is 0. The number of benzene rings is 2. The summed E-state index contributed by atoms with van der Waals surface area (Å²) in [5.41, 5.74) is 2.31. The fourth-order valence-electron chi connectivity index (χ4n) is 1.89. The lowest BCUT2D eigenvalue weighted by Crippen LogP contribution is -2.03. The van der Waals surface area contributed by atoms with Crippen molar-refractivity contribution in [3.05, 3.63) is 50.2 Å². The van der Waals surface area contributed by atoms with Crippen LogP contribution in [0.2, 0.25) is 10.0 Å². The molecule has 0 bridgehead atoms. The van der Waals surface area contributed by atoms with Gasteiger partial charge in [0, 0.05) is 16.6 Å². The van der Waals surface area contributed by atoms with E-state index in [9.17, 15) is 4.39 Å². The molecule has 21 heavy (non-hydrogen) atoms. The standard InChI is InChI=1S/C13H7BrCl2FN3S/c14-7-2-1-6(10(17)3-7)5-18-11-8(15)4-9(16)12-13(11)20-21-19-12/h1-4,18H,5H2. The van der Waals surface area contributed by atoms with Gasteiger partial charge in [0.1, 0.15) is 16.9 Å². The number of halogens is 4. The Balaban J connectivity index is 1.93. The molecule has 0 amide bonds. The van der Waals surface area contributed by atoms with E-state index in [0.717, 1.165) is 11.7 Å². The van der Waals surface area contributed by atoms with E-state index >= 15 is 0 Å². The third-order valence-electron chi connectivity index (χ3n) is 2.91. The van der Waals surface area contributed by atoms with Gasteiger partial charge in [-0.15, -0.1) is 0 Å². The van der Waals surface area contributed by atoms with Gasteiger partial charge in [0.2, 0.25) is 0 Å². The first-order valence-electron chi connectivity index (χ1n) is 5.84. The van der Waals surface area contributed by atoms with Crippen LogP contribution in [0.25, 0.3) is 11.0 Å². The lowest BCUT2D eigenvalue weighted by molar-refractivity contribution is 0.612. The van der Waals surface area contributed by atoms with Crippen molar-refractivity contribution in [3.63, 3.8) is 0 Å². The minimum absolute atomic E-state index is 0.285. The molecule has 1 aromatic heterocycles. The van der Waals surface area contributed by atoms with E-state index in [-0.39, 0.29) is 12.4 Å². The maximum atomic E-state index is 13.8. The van der Waals surface area contributed by atoms with Crippen molar-refractivity contribution in [2.24, 2.45) is 0 Å². The highest BCUT2D eigenvalue weighted by atomic mass is 79.9. The third-order valence-corrected chi connectivity index (χ3v) is 4.52. The molecule has 0 saturated heterocycles. The summed E-state index contributed by atoms with van der Waals surface area (Å²) in [6.45, 7) is 0.285. The Hall–Kier alpha value is -0.950. The Bertz CT molecular complexity index is 825. The molecule has 0 fully saturated rings. The van der Waals surface area contributed by atoms with Crippen LogP contribution < -0.4 is 5.32 Å². The molecule has 8 heteroatoms. The molecule has 108 valence electrons. The number of nitrogens with one attached hydrogen (secondary N) is 1. The van der Waals surface area contributed by atoms with E-state index in [1.54, 1.807) is 18.2 Å². The summed E-state index contributed by atoms with van der Waals surface area (Å²) in [4.78, 5) is 0. The number of nitrogens with zero attached hydrogens (tertiary/aromatic N) is 2. The zero-order valence-corrected chi connectivity index (χ0v) is 14.2. The highest BCUT2D eigenvalue weighted by molar-refractivity contribution is 9.10. The molecule has 1 N–H and O–H groups in total. The Labute approximate surface area is 142 Å². The Morgan fingerprint density at radius 1 is 1.14 bits per heavy atom. The van der Waals surface area contributed by atoms with Crippen LogP contribution in [-0.4, -0.2) is 8.75 Å². The monoisotopic (exact) mass is 405 g/mol. The number of hydrogen-bond acceptors (Lipinski definition) is 4. The van der Waals surface area contributed by atoms with Gasteiger partial charge in [0.25, 0.3) is 0 Å². The minimum atomic E-state index is -0.297. The zero-order valence-electron chi connectivity index (χ0n) is 10.3. The Kier molecular flexibility index (Phi) is 4.31. The van der Waals surface area contributed by atoms with Gasteiger partial charge in [-0.2, -0.15) is 8.75 Å². The molecule has 1 heterocycles. The molecule has 0 aliphatic heterocycles. The quantitative estimate of drug-likeness (QED) is 0.622. The molecule has 0 radical (unpaired) electrons. The molecule has 3 nitrogen and oxygen atoms in total. The van der Waals surface area contributed by atoms with Crippen molar-refractivity contribution in [2.45, 2.75) is 6.54 Å². The van der Waals surface area contributed by atoms with Crippen LogP contribution in [0, 0.1) is 5.82 Å². The average molecular weight is 407 g/mol. The topological polar surface area (TPSA) is 37.8 Å². The van der Waals surface area contributed by atoms with Crippen molar-refractivity contribution < 1.29 is 4.39 Å². The summed E-state index contributed by atoms with van der Waals surface area (Å²) in [7, 11) is 0. The van der Waals surface area contributed by atoms with Crippen molar-refractivity contribution >= 4 is 67.6 Å². The van der Waals surface area contributed by atoms with Crippen LogP contribution in [0.15, 0.2) is 28.7 Å². The van der Waals surface area contributed by atoms with Gasteiger partial charge in [-0.05, 0) is 18.2 Å². The van der Waals surface area contributed by atoms with Crippen molar-refractivity contribution in [3.8, 4) is 0 Å². The van der Waals surface area contributed by atoms with Gasteiger partial charge in [-0.25, -0.2) is 4.39 Å². The second kappa shape index (κ2) is 6.04. The first kappa shape index (κ1) is 15.0. The molecule has 3 rings (SSSR count). The normalized spacial score (nSPS) is 11.0. The number of hydrogen-bond donors (Lipinski definition) is 1. The minimum Gasteiger partial charge on any atom is -0.378 e. The molecule has 2 aromatic carbocycles. The first-order chi connectivity index (χ1) is 10.1. The average Bonchev–Trinajstić information content (AvgIpc) is 2.90. The fourth-order valence-corrected chi connectivity index (χ4v) is 3.40. The first-order valence-corrected chi connectivity index (χ1v) is 8.12. The van der Waals surface area contributed by atoms with Crippen LogP contribution in [-0.2, 0) is 6.54 Å². The van der Waals surface area contributed by atoms with Crippen LogP contribution in [0.5, 0.6) is 0 Å². The molecule has 0 atom stereocenters. The second-order valence-electron chi connectivity index (χ2n) is 4.27. The highest BCUT2D eigenvalue weighted by Crippen LogP contribution is 2.35. The summed E-state index contributed by atoms with van der Waals surface area (Å²) >= 11 is 16.5. The number of anilines is 1. The van der Waals surface area contributed by atoms with Gasteiger partial charge < -0.3 is 5.32 Å². The number of aromatic nitrogens is 2. The number of rotatable bonds is 3. The van der Waals surface area contributed by atoms with E-state index in [0.29, 0.717) is 36.8 Å². The predicted octanol–water partition coefficient (Wildman–Crippen LogP) is 5.51. The lowest BCUT2D eigenvalue weighted by atomic mass is 10.2. The largest absolute Gasteiger partial charge is 0.378 e. The van der Waals surface area contributed by atoms with Crippen LogP contribution in [0.4, 0.5) is 10.1 Å². The second-order valence-corrected chi connectivity index (χ2v) is 6.52. The van der Waals surface area contributed by atoms with Crippen molar-refractivity contribution in [1.82, 2.24) is 8.75 Å². The molecule has 0 aliphatic rings. The summed E-state index contributed by atoms with van der Waals surface area (Å²) in [5, 5.41) is 3.98. The molecule has 3 aromatic rings. The van der Waals surface area contributed by atoms with Crippen LogP contribution in [0.3, 0.4) is 0 Å². The van der Waals surface area contributed by atoms with E-state index in [2.05, 4.69) is 30.0 Å². The van der Waals surface area contributed by atoms with E-state index in [1.807, 2.05) is 0 Å². The lowest BCUT2D eigenvalue weighted by Gasteiger charge is -2.10. The Morgan fingerprint density at radius 2 is 1.90 bits per heavy atom. The number of fused-ring (bicyclic) bond motifs is 1. The van der Waals surface area contributed by atoms with Crippen LogP contribution >= 0.6 is 50.9 Å². The van der Waals surface area contributed by atoms with Crippen LogP contribution in [0.1, 0.15) is 5.56 Å². The third kappa shape index (κ3) is 2.99. The zero-order chi connectivity index (χ0) is 15.0. The maximum absolute atomic E-state index is 13.8. The maximum Gasteiger partial charge on any atom is 0.130 e. The fraction of sp³-hybridized carbons (Fsp3) is 0.0769.